The van der Waals surface area contributed by atoms with Crippen LogP contribution in [0, 0.1) is 17.2 Å². The molecule has 0 aromatic heterocycles. The van der Waals surface area contributed by atoms with Crippen LogP contribution < -0.4 is 10.6 Å². The first kappa shape index (κ1) is 12.4. The SMILES string of the molecule is CC1CN(c2cc(Br)cc(C#N)c2)CCC1N. The maximum atomic E-state index is 8.97. The zero-order valence-electron chi connectivity index (χ0n) is 9.86. The molecule has 17 heavy (non-hydrogen) atoms. The number of anilines is 1. The summed E-state index contributed by atoms with van der Waals surface area (Å²) in [6.07, 6.45) is 1.01. The third kappa shape index (κ3) is 2.80. The fourth-order valence-corrected chi connectivity index (χ4v) is 2.70. The molecule has 1 fully saturated rings. The van der Waals surface area contributed by atoms with E-state index in [1.54, 1.807) is 0 Å². The summed E-state index contributed by atoms with van der Waals surface area (Å²) in [6, 6.07) is 8.32. The fraction of sp³-hybridized carbons (Fsp3) is 0.462. The maximum absolute atomic E-state index is 8.97. The molecular formula is C13H16BrN3. The van der Waals surface area contributed by atoms with E-state index in [2.05, 4.69) is 39.9 Å². The number of nitrogens with two attached hydrogens (primary N) is 1. The largest absolute Gasteiger partial charge is 0.371 e. The summed E-state index contributed by atoms with van der Waals surface area (Å²) in [6.45, 7) is 4.11. The molecule has 1 heterocycles. The van der Waals surface area contributed by atoms with Gasteiger partial charge in [0, 0.05) is 29.3 Å². The van der Waals surface area contributed by atoms with Crippen LogP contribution in [-0.4, -0.2) is 19.1 Å². The predicted molar refractivity (Wildman–Crippen MR) is 72.8 cm³/mol. The van der Waals surface area contributed by atoms with E-state index in [1.807, 2.05) is 12.1 Å². The van der Waals surface area contributed by atoms with Crippen LogP contribution in [0.3, 0.4) is 0 Å². The third-order valence-corrected chi connectivity index (χ3v) is 3.81. The number of nitrogens with zero attached hydrogens (tertiary/aromatic N) is 2. The zero-order valence-corrected chi connectivity index (χ0v) is 11.4. The van der Waals surface area contributed by atoms with Crippen LogP contribution in [0.25, 0.3) is 0 Å². The van der Waals surface area contributed by atoms with Crippen molar-refractivity contribution >= 4 is 21.6 Å². The third-order valence-electron chi connectivity index (χ3n) is 3.35. The Hall–Kier alpha value is -1.05. The molecule has 4 heteroatoms. The Kier molecular flexibility index (Phi) is 3.70. The molecule has 90 valence electrons. The van der Waals surface area contributed by atoms with E-state index in [0.29, 0.717) is 17.5 Å². The van der Waals surface area contributed by atoms with E-state index >= 15 is 0 Å². The molecule has 2 N–H and O–H groups in total. The molecule has 0 radical (unpaired) electrons. The van der Waals surface area contributed by atoms with Crippen molar-refractivity contribution in [3.05, 3.63) is 28.2 Å². The molecule has 0 bridgehead atoms. The number of rotatable bonds is 1. The summed E-state index contributed by atoms with van der Waals surface area (Å²) < 4.78 is 0.953. The molecule has 2 atom stereocenters. The van der Waals surface area contributed by atoms with Crippen LogP contribution >= 0.6 is 15.9 Å². The summed E-state index contributed by atoms with van der Waals surface area (Å²) in [5.74, 6) is 0.494. The standard InChI is InChI=1S/C13H16BrN3/c1-9-8-17(3-2-13(9)16)12-5-10(7-15)4-11(14)6-12/h4-6,9,13H,2-3,8,16H2,1H3. The second-order valence-electron chi connectivity index (χ2n) is 4.69. The summed E-state index contributed by atoms with van der Waals surface area (Å²) in [7, 11) is 0. The lowest BCUT2D eigenvalue weighted by atomic mass is 9.94. The molecular weight excluding hydrogens is 278 g/mol. The molecule has 1 saturated heterocycles. The van der Waals surface area contributed by atoms with E-state index in [0.717, 1.165) is 29.7 Å². The molecule has 0 saturated carbocycles. The highest BCUT2D eigenvalue weighted by molar-refractivity contribution is 9.10. The Morgan fingerprint density at radius 1 is 1.47 bits per heavy atom. The van der Waals surface area contributed by atoms with Gasteiger partial charge in [-0.25, -0.2) is 0 Å². The second kappa shape index (κ2) is 5.07. The van der Waals surface area contributed by atoms with Gasteiger partial charge < -0.3 is 10.6 Å². The summed E-state index contributed by atoms with van der Waals surface area (Å²) >= 11 is 3.44. The number of benzene rings is 1. The smallest absolute Gasteiger partial charge is 0.0992 e. The van der Waals surface area contributed by atoms with Crippen LogP contribution in [0.2, 0.25) is 0 Å². The minimum atomic E-state index is 0.300. The van der Waals surface area contributed by atoms with E-state index < -0.39 is 0 Å². The van der Waals surface area contributed by atoms with Crippen LogP contribution in [0.15, 0.2) is 22.7 Å². The van der Waals surface area contributed by atoms with E-state index in [1.165, 1.54) is 0 Å². The van der Waals surface area contributed by atoms with Crippen LogP contribution in [0.5, 0.6) is 0 Å². The van der Waals surface area contributed by atoms with Gasteiger partial charge in [-0.3, -0.25) is 0 Å². The Morgan fingerprint density at radius 2 is 2.24 bits per heavy atom. The van der Waals surface area contributed by atoms with E-state index in [4.69, 9.17) is 11.0 Å². The van der Waals surface area contributed by atoms with Gasteiger partial charge in [0.05, 0.1) is 11.6 Å². The molecule has 0 spiro atoms. The molecule has 3 nitrogen and oxygen atoms in total. The summed E-state index contributed by atoms with van der Waals surface area (Å²) in [5.41, 5.74) is 7.81. The minimum absolute atomic E-state index is 0.300. The average Bonchev–Trinajstić information content (AvgIpc) is 2.32. The molecule has 2 unspecified atom stereocenters. The summed E-state index contributed by atoms with van der Waals surface area (Å²) in [4.78, 5) is 2.31. The van der Waals surface area contributed by atoms with Crippen molar-refractivity contribution in [1.29, 1.82) is 5.26 Å². The highest BCUT2D eigenvalue weighted by atomic mass is 79.9. The number of hydrogen-bond acceptors (Lipinski definition) is 3. The topological polar surface area (TPSA) is 53.0 Å². The van der Waals surface area contributed by atoms with Gasteiger partial charge in [0.2, 0.25) is 0 Å². The van der Waals surface area contributed by atoms with Crippen molar-refractivity contribution in [1.82, 2.24) is 0 Å². The molecule has 1 aromatic rings. The Bertz CT molecular complexity index is 452. The minimum Gasteiger partial charge on any atom is -0.371 e. The monoisotopic (exact) mass is 293 g/mol. The molecule has 0 aliphatic carbocycles. The zero-order chi connectivity index (χ0) is 12.4. The first-order chi connectivity index (χ1) is 8.10. The Morgan fingerprint density at radius 3 is 2.88 bits per heavy atom. The lowest BCUT2D eigenvalue weighted by molar-refractivity contribution is 0.383. The van der Waals surface area contributed by atoms with Crippen molar-refractivity contribution in [2.75, 3.05) is 18.0 Å². The number of hydrogen-bond donors (Lipinski definition) is 1. The van der Waals surface area contributed by atoms with Gasteiger partial charge in [0.1, 0.15) is 0 Å². The van der Waals surface area contributed by atoms with Crippen molar-refractivity contribution in [3.8, 4) is 6.07 Å². The molecule has 2 rings (SSSR count). The van der Waals surface area contributed by atoms with Crippen molar-refractivity contribution in [2.24, 2.45) is 11.7 Å². The Labute approximate surface area is 110 Å². The van der Waals surface area contributed by atoms with Gasteiger partial charge in [0.15, 0.2) is 0 Å². The maximum Gasteiger partial charge on any atom is 0.0992 e. The van der Waals surface area contributed by atoms with Crippen LogP contribution in [0.1, 0.15) is 18.9 Å². The van der Waals surface area contributed by atoms with E-state index in [-0.39, 0.29) is 0 Å². The average molecular weight is 294 g/mol. The Balaban J connectivity index is 2.23. The van der Waals surface area contributed by atoms with Gasteiger partial charge in [-0.1, -0.05) is 22.9 Å². The molecule has 1 aromatic carbocycles. The second-order valence-corrected chi connectivity index (χ2v) is 5.60. The van der Waals surface area contributed by atoms with Gasteiger partial charge in [-0.05, 0) is 30.5 Å². The molecule has 1 aliphatic rings. The lowest BCUT2D eigenvalue weighted by Gasteiger charge is -2.36. The highest BCUT2D eigenvalue weighted by Gasteiger charge is 2.23. The molecule has 1 aliphatic heterocycles. The van der Waals surface area contributed by atoms with Crippen LogP contribution in [0.4, 0.5) is 5.69 Å². The van der Waals surface area contributed by atoms with Crippen molar-refractivity contribution in [2.45, 2.75) is 19.4 Å². The first-order valence-corrected chi connectivity index (χ1v) is 6.60. The highest BCUT2D eigenvalue weighted by Crippen LogP contribution is 2.26. The normalized spacial score (nSPS) is 24.5. The predicted octanol–water partition coefficient (Wildman–Crippen LogP) is 2.49. The summed E-state index contributed by atoms with van der Waals surface area (Å²) in [5, 5.41) is 8.97. The van der Waals surface area contributed by atoms with Gasteiger partial charge in [-0.2, -0.15) is 5.26 Å². The van der Waals surface area contributed by atoms with Gasteiger partial charge in [0.25, 0.3) is 0 Å². The van der Waals surface area contributed by atoms with Gasteiger partial charge >= 0.3 is 0 Å². The van der Waals surface area contributed by atoms with Crippen molar-refractivity contribution < 1.29 is 0 Å². The number of piperidine rings is 1. The van der Waals surface area contributed by atoms with Crippen LogP contribution in [-0.2, 0) is 0 Å². The molecule has 0 amide bonds. The first-order valence-electron chi connectivity index (χ1n) is 5.81. The fourth-order valence-electron chi connectivity index (χ4n) is 2.22. The quantitative estimate of drug-likeness (QED) is 0.865. The number of halogens is 1. The van der Waals surface area contributed by atoms with E-state index in [9.17, 15) is 0 Å². The number of nitriles is 1. The lowest BCUT2D eigenvalue weighted by Crippen LogP contribution is -2.46. The van der Waals surface area contributed by atoms with Crippen molar-refractivity contribution in [3.63, 3.8) is 0 Å². The van der Waals surface area contributed by atoms with Gasteiger partial charge in [-0.15, -0.1) is 0 Å².